The summed E-state index contributed by atoms with van der Waals surface area (Å²) < 4.78 is 63.1. The predicted octanol–water partition coefficient (Wildman–Crippen LogP) is 0.934. The minimum Gasteiger partial charge on any atom is -0.394 e. The van der Waals surface area contributed by atoms with E-state index in [1.165, 1.54) is 34.4 Å². The molecule has 0 saturated carbocycles. The minimum absolute atomic E-state index is 0.274. The number of aliphatic hydroxyl groups excluding tert-OH is 3. The van der Waals surface area contributed by atoms with Crippen molar-refractivity contribution in [1.82, 2.24) is 39.0 Å². The molecule has 6 heterocycles. The molecule has 48 heavy (non-hydrogen) atoms. The van der Waals surface area contributed by atoms with Gasteiger partial charge in [-0.2, -0.15) is 0 Å². The monoisotopic (exact) mass is 748 g/mol. The summed E-state index contributed by atoms with van der Waals surface area (Å²) in [6, 6.07) is 0. The summed E-state index contributed by atoms with van der Waals surface area (Å²) in [6.45, 7) is -0.347. The first kappa shape index (κ1) is 35.1. The lowest BCUT2D eigenvalue weighted by Gasteiger charge is -2.20. The number of ether oxygens (including phenoxy) is 2. The second-order valence-corrected chi connectivity index (χ2v) is 14.2. The molecule has 0 amide bonds. The van der Waals surface area contributed by atoms with Crippen molar-refractivity contribution in [2.24, 2.45) is 0 Å². The van der Waals surface area contributed by atoms with Gasteiger partial charge in [-0.25, -0.2) is 34.3 Å². The summed E-state index contributed by atoms with van der Waals surface area (Å²) in [5.41, 5.74) is 1.38. The average Bonchev–Trinajstić information content (AvgIpc) is 3.83. The Morgan fingerprint density at radius 3 is 1.83 bits per heavy atom. The van der Waals surface area contributed by atoms with E-state index < -0.39 is 76.8 Å². The largest absolute Gasteiger partial charge is 0.394 e. The van der Waals surface area contributed by atoms with Crippen LogP contribution in [0.5, 0.6) is 0 Å². The molecule has 4 aromatic rings. The number of rotatable bonds is 14. The van der Waals surface area contributed by atoms with Gasteiger partial charge in [-0.3, -0.25) is 18.3 Å². The van der Waals surface area contributed by atoms with Crippen LogP contribution in [-0.2, 0) is 27.7 Å². The highest BCUT2D eigenvalue weighted by molar-refractivity contribution is 8.39. The van der Waals surface area contributed by atoms with Crippen molar-refractivity contribution in [3.05, 3.63) is 37.5 Å². The Hall–Kier alpha value is -2.75. The third-order valence-corrected chi connectivity index (χ3v) is 9.20. The maximum Gasteiger partial charge on any atom is 0.243 e. The van der Waals surface area contributed by atoms with Crippen LogP contribution in [-0.4, -0.2) is 117 Å². The molecule has 6 rings (SSSR count). The van der Waals surface area contributed by atoms with Crippen molar-refractivity contribution < 1.29 is 47.4 Å². The van der Waals surface area contributed by atoms with E-state index in [0.717, 1.165) is 0 Å². The van der Waals surface area contributed by atoms with Crippen molar-refractivity contribution in [2.75, 3.05) is 36.9 Å². The van der Waals surface area contributed by atoms with E-state index in [4.69, 9.17) is 18.5 Å². The van der Waals surface area contributed by atoms with Gasteiger partial charge >= 0.3 is 0 Å². The first-order valence-corrected chi connectivity index (χ1v) is 19.5. The second kappa shape index (κ2) is 15.4. The SMILES string of the molecule is O=[PH](S)O[C@@H]1C(CO)O[C@@H](n2cnc3c(NC/C=C/CNc4ncnc5c4ncn5C4O[C@H](CO)[C@@H](O)[C@H]4O[PH](=O)S)ncnc32)[C@@H]1F. The molecule has 0 bridgehead atoms. The van der Waals surface area contributed by atoms with Crippen molar-refractivity contribution in [1.29, 1.82) is 0 Å². The molecule has 0 aliphatic carbocycles. The number of aliphatic hydroxyl groups is 3. The molecular weight excluding hydrogens is 717 g/mol. The number of hydrogen-bond donors (Lipinski definition) is 7. The van der Waals surface area contributed by atoms with E-state index in [1.807, 2.05) is 12.2 Å². The molecule has 2 fully saturated rings. The van der Waals surface area contributed by atoms with Crippen LogP contribution in [0.3, 0.4) is 0 Å². The van der Waals surface area contributed by atoms with E-state index in [0.29, 0.717) is 41.4 Å². The van der Waals surface area contributed by atoms with E-state index in [-0.39, 0.29) is 5.65 Å². The smallest absolute Gasteiger partial charge is 0.243 e. The quantitative estimate of drug-likeness (QED) is 0.0539. The van der Waals surface area contributed by atoms with E-state index in [2.05, 4.69) is 65.0 Å². The zero-order chi connectivity index (χ0) is 33.9. The predicted molar refractivity (Wildman–Crippen MR) is 175 cm³/mol. The summed E-state index contributed by atoms with van der Waals surface area (Å²) in [5, 5.41) is 36.0. The van der Waals surface area contributed by atoms with Crippen LogP contribution < -0.4 is 10.6 Å². The van der Waals surface area contributed by atoms with Crippen LogP contribution in [0.2, 0.25) is 0 Å². The summed E-state index contributed by atoms with van der Waals surface area (Å²) in [6.07, 6.45) is -0.590. The lowest BCUT2D eigenvalue weighted by molar-refractivity contribution is -0.0481. The summed E-state index contributed by atoms with van der Waals surface area (Å²) in [7, 11) is -5.53. The van der Waals surface area contributed by atoms with Gasteiger partial charge in [0.2, 0.25) is 14.5 Å². The zero-order valence-corrected chi connectivity index (χ0v) is 28.3. The third kappa shape index (κ3) is 7.10. The molecule has 4 unspecified atom stereocenters. The number of thiol groups is 2. The molecule has 0 radical (unpaired) electrons. The van der Waals surface area contributed by atoms with Gasteiger partial charge in [-0.1, -0.05) is 36.6 Å². The van der Waals surface area contributed by atoms with Gasteiger partial charge in [0.05, 0.1) is 25.9 Å². The Morgan fingerprint density at radius 2 is 1.31 bits per heavy atom. The number of anilines is 2. The number of fused-ring (bicyclic) bond motifs is 2. The Morgan fingerprint density at radius 1 is 0.812 bits per heavy atom. The molecule has 2 aliphatic heterocycles. The van der Waals surface area contributed by atoms with Crippen molar-refractivity contribution >= 4 is 72.9 Å². The summed E-state index contributed by atoms with van der Waals surface area (Å²) in [5.74, 6) is 0.794. The third-order valence-electron chi connectivity index (χ3n) is 7.62. The highest BCUT2D eigenvalue weighted by Gasteiger charge is 2.48. The number of aromatic nitrogens is 8. The van der Waals surface area contributed by atoms with Gasteiger partial charge < -0.3 is 44.5 Å². The van der Waals surface area contributed by atoms with E-state index in [9.17, 15) is 24.4 Å². The van der Waals surface area contributed by atoms with Crippen LogP contribution in [0, 0.1) is 0 Å². The van der Waals surface area contributed by atoms with Gasteiger partial charge in [-0.15, -0.1) is 0 Å². The first-order chi connectivity index (χ1) is 23.2. The van der Waals surface area contributed by atoms with Gasteiger partial charge in [0.1, 0.15) is 43.2 Å². The molecule has 260 valence electrons. The molecule has 5 N–H and O–H groups in total. The van der Waals surface area contributed by atoms with E-state index >= 15 is 4.39 Å². The van der Waals surface area contributed by atoms with Gasteiger partial charge in [0, 0.05) is 13.1 Å². The average molecular weight is 749 g/mol. The van der Waals surface area contributed by atoms with Crippen molar-refractivity contribution in [3.63, 3.8) is 0 Å². The van der Waals surface area contributed by atoms with Gasteiger partial charge in [0.15, 0.2) is 52.6 Å². The number of nitrogens with one attached hydrogen (secondary N) is 2. The fourth-order valence-electron chi connectivity index (χ4n) is 5.47. The topological polar surface area (TPSA) is 243 Å². The van der Waals surface area contributed by atoms with Crippen LogP contribution in [0.15, 0.2) is 37.5 Å². The Balaban J connectivity index is 1.08. The molecule has 10 atom stereocenters. The van der Waals surface area contributed by atoms with E-state index in [1.54, 1.807) is 0 Å². The molecule has 19 nitrogen and oxygen atoms in total. The zero-order valence-electron chi connectivity index (χ0n) is 24.6. The van der Waals surface area contributed by atoms with Crippen LogP contribution in [0.4, 0.5) is 16.0 Å². The summed E-state index contributed by atoms with van der Waals surface area (Å²) in [4.78, 5) is 25.7. The molecule has 4 aromatic heterocycles. The minimum atomic E-state index is -2.79. The molecular formula is C24H31FN10O9P2S2. The van der Waals surface area contributed by atoms with Crippen molar-refractivity contribution in [3.8, 4) is 0 Å². The highest BCUT2D eigenvalue weighted by atomic mass is 32.7. The number of hydrogen-bond acceptors (Lipinski definition) is 17. The molecule has 0 spiro atoms. The number of nitrogens with zero attached hydrogens (tertiary/aromatic N) is 8. The summed E-state index contributed by atoms with van der Waals surface area (Å²) >= 11 is 7.53. The van der Waals surface area contributed by atoms with Crippen LogP contribution >= 0.6 is 39.0 Å². The standard InChI is InChI=1S/C24H31FN10O9P2S2/c25-13-17(43-45(39)47)12(6-37)42-23(13)34-9-32-14-19(28-7-30-21(14)34)26-3-1-2-4-27-20-15-22(31-8-29-20)35(10-33-15)24-18(44-46(40)48)16(38)11(5-36)41-24/h1-2,7-13,16-18,23-24,36-38,45-46H,3-6H2,(H,39,47)(H,40,48)(H,26,28,30)(H,27,29,31)/b2-1+/t11-,12?,13-,16-,17-,18-,23-,24?/m1/s1. The molecule has 2 saturated heterocycles. The Kier molecular flexibility index (Phi) is 11.3. The van der Waals surface area contributed by atoms with Gasteiger partial charge in [0.25, 0.3) is 0 Å². The second-order valence-electron chi connectivity index (χ2n) is 10.5. The first-order valence-electron chi connectivity index (χ1n) is 14.3. The fraction of sp³-hybridized carbons (Fsp3) is 0.500. The molecule has 2 aliphatic rings. The Labute approximate surface area is 282 Å². The molecule has 24 heteroatoms. The molecule has 0 aromatic carbocycles. The lowest BCUT2D eigenvalue weighted by atomic mass is 10.1. The van der Waals surface area contributed by atoms with Crippen LogP contribution in [0.1, 0.15) is 12.5 Å². The van der Waals surface area contributed by atoms with Crippen LogP contribution in [0.25, 0.3) is 22.3 Å². The maximum atomic E-state index is 15.2. The Bertz CT molecular complexity index is 1820. The fourth-order valence-corrected chi connectivity index (χ4v) is 7.21. The van der Waals surface area contributed by atoms with Gasteiger partial charge in [-0.05, 0) is 0 Å². The van der Waals surface area contributed by atoms with Crippen molar-refractivity contribution in [2.45, 2.75) is 49.1 Å². The number of alkyl halides is 1. The maximum absolute atomic E-state index is 15.2. The normalized spacial score (nSPS) is 28.9. The number of halogens is 1. The lowest BCUT2D eigenvalue weighted by Crippen LogP contribution is -2.34. The number of imidazole rings is 2. The highest BCUT2D eigenvalue weighted by Crippen LogP contribution is 2.42.